The molecule has 0 saturated heterocycles. The maximum absolute atomic E-state index is 0. The zero-order chi connectivity index (χ0) is 0. The Morgan fingerprint density at radius 3 is 0.500 bits per heavy atom. The predicted molar refractivity (Wildman–Crippen MR) is 18.0 cm³/mol. The average molecular weight is 141 g/mol. The fraction of sp³-hybridized carbons (Fsp3) is 0. The summed E-state index contributed by atoms with van der Waals surface area (Å²) >= 11 is 0. The summed E-state index contributed by atoms with van der Waals surface area (Å²) in [6, 6.07) is 0. The van der Waals surface area contributed by atoms with Gasteiger partial charge >= 0.3 is 58.2 Å². The van der Waals surface area contributed by atoms with Gasteiger partial charge in [0, 0.05) is 0 Å². The van der Waals surface area contributed by atoms with Gasteiger partial charge in [-0.05, 0) is 0 Å². The normalized spacial score (nSPS) is 0. The van der Waals surface area contributed by atoms with E-state index in [0.717, 1.165) is 0 Å². The molecule has 0 aliphatic rings. The van der Waals surface area contributed by atoms with E-state index in [0.29, 0.717) is 0 Å². The predicted octanol–water partition coefficient (Wildman–Crippen LogP) is -3.12. The molecule has 0 aliphatic heterocycles. The molecule has 0 heterocycles. The zero-order valence-electron chi connectivity index (χ0n) is 1.50. The van der Waals surface area contributed by atoms with Gasteiger partial charge in [-0.25, -0.2) is 0 Å². The van der Waals surface area contributed by atoms with E-state index in [-0.39, 0.29) is 74.6 Å². The van der Waals surface area contributed by atoms with Gasteiger partial charge in [-0.2, -0.15) is 0 Å². The van der Waals surface area contributed by atoms with Crippen molar-refractivity contribution in [2.75, 3.05) is 0 Å². The Labute approximate surface area is 73.1 Å². The van der Waals surface area contributed by atoms with Crippen molar-refractivity contribution in [3.05, 3.63) is 0 Å². The molecule has 0 rings (SSSR count). The van der Waals surface area contributed by atoms with Gasteiger partial charge in [-0.3, -0.25) is 0 Å². The molecule has 0 aliphatic carbocycles. The SMILES string of the molecule is O.O.O.[RbH]. The molecule has 0 atom stereocenters. The van der Waals surface area contributed by atoms with Crippen molar-refractivity contribution >= 4 is 58.2 Å². The standard InChI is InChI=1S/3H2O.Rb.H/h3*1H2;;. The van der Waals surface area contributed by atoms with Crippen LogP contribution in [0.5, 0.6) is 0 Å². The van der Waals surface area contributed by atoms with Crippen LogP contribution >= 0.6 is 0 Å². The second kappa shape index (κ2) is 22.4. The van der Waals surface area contributed by atoms with Crippen LogP contribution in [0.25, 0.3) is 0 Å². The fourth-order valence-electron chi connectivity index (χ4n) is 0. The van der Waals surface area contributed by atoms with Crippen molar-refractivity contribution in [3.8, 4) is 0 Å². The molecule has 6 N–H and O–H groups in total. The fourth-order valence-corrected chi connectivity index (χ4v) is 0. The second-order valence-corrected chi connectivity index (χ2v) is 0. The Morgan fingerprint density at radius 2 is 0.500 bits per heavy atom. The minimum absolute atomic E-state index is 0. The molecule has 0 fully saturated rings. The summed E-state index contributed by atoms with van der Waals surface area (Å²) in [5, 5.41) is 0. The van der Waals surface area contributed by atoms with E-state index in [9.17, 15) is 0 Å². The molecule has 0 radical (unpaired) electrons. The molecular formula is H7O3Rb. The Hall–Kier alpha value is 1.69. The number of rotatable bonds is 0. The average Bonchev–Trinajstić information content (AvgIpc) is 0. The molecule has 3 nitrogen and oxygen atoms in total. The summed E-state index contributed by atoms with van der Waals surface area (Å²) in [6.45, 7) is 0. The van der Waals surface area contributed by atoms with Crippen LogP contribution in [-0.4, -0.2) is 74.6 Å². The van der Waals surface area contributed by atoms with Crippen molar-refractivity contribution in [2.24, 2.45) is 0 Å². The quantitative estimate of drug-likeness (QED) is 0.340. The van der Waals surface area contributed by atoms with Crippen LogP contribution in [0.1, 0.15) is 0 Å². The summed E-state index contributed by atoms with van der Waals surface area (Å²) in [5.74, 6) is 0. The third kappa shape index (κ3) is 9.36. The van der Waals surface area contributed by atoms with Gasteiger partial charge in [-0.15, -0.1) is 0 Å². The van der Waals surface area contributed by atoms with Crippen molar-refractivity contribution in [1.82, 2.24) is 0 Å². The molecule has 0 bridgehead atoms. The third-order valence-electron chi connectivity index (χ3n) is 0. The first kappa shape index (κ1) is 43.9. The Kier molecular flexibility index (Phi) is 246. The van der Waals surface area contributed by atoms with E-state index in [1.807, 2.05) is 0 Å². The first-order valence-electron chi connectivity index (χ1n) is 0. The van der Waals surface area contributed by atoms with Crippen LogP contribution < -0.4 is 0 Å². The van der Waals surface area contributed by atoms with Crippen molar-refractivity contribution in [3.63, 3.8) is 0 Å². The van der Waals surface area contributed by atoms with Crippen molar-refractivity contribution in [1.29, 1.82) is 0 Å². The Morgan fingerprint density at radius 1 is 0.500 bits per heavy atom. The summed E-state index contributed by atoms with van der Waals surface area (Å²) in [7, 11) is 0. The van der Waals surface area contributed by atoms with E-state index in [1.165, 1.54) is 0 Å². The monoisotopic (exact) mass is 140 g/mol. The van der Waals surface area contributed by atoms with Crippen LogP contribution in [-0.2, 0) is 0 Å². The first-order chi connectivity index (χ1) is 0. The minimum atomic E-state index is 0. The van der Waals surface area contributed by atoms with Crippen LogP contribution in [0.2, 0.25) is 0 Å². The molecule has 26 valence electrons. The molecule has 4 heteroatoms. The molecule has 0 spiro atoms. The van der Waals surface area contributed by atoms with E-state index in [1.54, 1.807) is 0 Å². The molecule has 0 aromatic rings. The summed E-state index contributed by atoms with van der Waals surface area (Å²) in [6.07, 6.45) is 0. The first-order valence-corrected chi connectivity index (χ1v) is 0. The summed E-state index contributed by atoms with van der Waals surface area (Å²) in [5.41, 5.74) is 0. The van der Waals surface area contributed by atoms with E-state index in [2.05, 4.69) is 0 Å². The third-order valence-corrected chi connectivity index (χ3v) is 0. The molecule has 0 aromatic heterocycles. The summed E-state index contributed by atoms with van der Waals surface area (Å²) < 4.78 is 0. The van der Waals surface area contributed by atoms with Gasteiger partial charge in [-0.1, -0.05) is 0 Å². The van der Waals surface area contributed by atoms with Crippen LogP contribution in [0.3, 0.4) is 0 Å². The molecule has 4 heavy (non-hydrogen) atoms. The van der Waals surface area contributed by atoms with E-state index < -0.39 is 0 Å². The summed E-state index contributed by atoms with van der Waals surface area (Å²) in [4.78, 5) is 0. The number of hydrogen-bond donors (Lipinski definition) is 0. The molecular weight excluding hydrogens is 133 g/mol. The van der Waals surface area contributed by atoms with Gasteiger partial charge in [0.05, 0.1) is 0 Å². The van der Waals surface area contributed by atoms with E-state index in [4.69, 9.17) is 0 Å². The van der Waals surface area contributed by atoms with Gasteiger partial charge < -0.3 is 16.4 Å². The zero-order valence-corrected chi connectivity index (χ0v) is 1.50. The van der Waals surface area contributed by atoms with Gasteiger partial charge in [0.15, 0.2) is 0 Å². The molecule has 0 amide bonds. The second-order valence-electron chi connectivity index (χ2n) is 0. The van der Waals surface area contributed by atoms with Crippen LogP contribution in [0, 0.1) is 0 Å². The Balaban J connectivity index is 0. The van der Waals surface area contributed by atoms with Gasteiger partial charge in [0.1, 0.15) is 0 Å². The molecule has 0 aromatic carbocycles. The van der Waals surface area contributed by atoms with Crippen molar-refractivity contribution in [2.45, 2.75) is 0 Å². The molecule has 0 unspecified atom stereocenters. The van der Waals surface area contributed by atoms with Gasteiger partial charge in [0.2, 0.25) is 0 Å². The topological polar surface area (TPSA) is 94.5 Å². The van der Waals surface area contributed by atoms with Crippen LogP contribution in [0.4, 0.5) is 0 Å². The maximum atomic E-state index is 0. The van der Waals surface area contributed by atoms with E-state index >= 15 is 0 Å². The van der Waals surface area contributed by atoms with Crippen LogP contribution in [0.15, 0.2) is 0 Å². The number of hydrogen-bond acceptors (Lipinski definition) is 0. The van der Waals surface area contributed by atoms with Crippen molar-refractivity contribution < 1.29 is 16.4 Å². The Bertz CT molecular complexity index is 3.25. The van der Waals surface area contributed by atoms with Gasteiger partial charge in [0.25, 0.3) is 0 Å². The molecule has 0 saturated carbocycles.